The highest BCUT2D eigenvalue weighted by Crippen LogP contribution is 2.15. The Hall–Kier alpha value is -0.215. The number of allylic oxidation sites excluding steroid dienone is 2. The summed E-state index contributed by atoms with van der Waals surface area (Å²) in [6, 6.07) is 0. The Bertz CT molecular complexity index is 218. The van der Waals surface area contributed by atoms with Crippen LogP contribution in [0, 0.1) is 0 Å². The summed E-state index contributed by atoms with van der Waals surface area (Å²) in [5.41, 5.74) is -0.0169. The van der Waals surface area contributed by atoms with Crippen molar-refractivity contribution in [3.63, 3.8) is 0 Å². The van der Waals surface area contributed by atoms with Gasteiger partial charge >= 0.3 is 0 Å². The normalized spacial score (nSPS) is 26.8. The standard InChI is InChI=1S/C9H16BBrN2/c1-9(12-7-4-6-11)5-2-3-8-13(9)10/h2-3,5,8,12H,4,6-7,10H2,1H3. The largest absolute Gasteiger partial charge is 0.408 e. The van der Waals surface area contributed by atoms with Crippen LogP contribution in [0.1, 0.15) is 13.3 Å². The molecule has 1 aliphatic heterocycles. The number of halogens is 1. The molecule has 13 heavy (non-hydrogen) atoms. The molecule has 4 heteroatoms. The summed E-state index contributed by atoms with van der Waals surface area (Å²) in [6.45, 7) is 3.21. The van der Waals surface area contributed by atoms with E-state index in [4.69, 9.17) is 0 Å². The monoisotopic (exact) mass is 242 g/mol. The van der Waals surface area contributed by atoms with Crippen LogP contribution in [-0.4, -0.2) is 30.3 Å². The first kappa shape index (κ1) is 10.9. The average molecular weight is 243 g/mol. The molecule has 1 rings (SSSR count). The number of hydrogen-bond donors (Lipinski definition) is 1. The van der Waals surface area contributed by atoms with Crippen LogP contribution in [0.15, 0.2) is 24.4 Å². The second kappa shape index (κ2) is 4.87. The fourth-order valence-electron chi connectivity index (χ4n) is 1.29. The maximum Gasteiger partial charge on any atom is 0.219 e. The lowest BCUT2D eigenvalue weighted by molar-refractivity contribution is 0.275. The van der Waals surface area contributed by atoms with Gasteiger partial charge in [0, 0.05) is 5.33 Å². The zero-order valence-corrected chi connectivity index (χ0v) is 9.84. The van der Waals surface area contributed by atoms with Crippen molar-refractivity contribution in [2.24, 2.45) is 0 Å². The van der Waals surface area contributed by atoms with Crippen LogP contribution < -0.4 is 5.32 Å². The molecule has 0 bridgehead atoms. The van der Waals surface area contributed by atoms with Crippen molar-refractivity contribution in [1.82, 2.24) is 10.1 Å². The molecular formula is C9H16BBrN2. The van der Waals surface area contributed by atoms with Crippen molar-refractivity contribution in [2.45, 2.75) is 19.0 Å². The molecule has 0 spiro atoms. The molecule has 0 aromatic rings. The second-order valence-corrected chi connectivity index (χ2v) is 4.22. The van der Waals surface area contributed by atoms with Gasteiger partial charge in [0.1, 0.15) is 0 Å². The number of nitrogens with zero attached hydrogens (tertiary/aromatic N) is 1. The van der Waals surface area contributed by atoms with Gasteiger partial charge in [-0.1, -0.05) is 22.0 Å². The Morgan fingerprint density at radius 3 is 2.92 bits per heavy atom. The van der Waals surface area contributed by atoms with Crippen molar-refractivity contribution < 1.29 is 0 Å². The summed E-state index contributed by atoms with van der Waals surface area (Å²) in [5, 5.41) is 4.56. The van der Waals surface area contributed by atoms with Crippen LogP contribution in [0.4, 0.5) is 0 Å². The zero-order valence-electron chi connectivity index (χ0n) is 8.26. The molecule has 0 saturated heterocycles. The van der Waals surface area contributed by atoms with Gasteiger partial charge < -0.3 is 4.81 Å². The van der Waals surface area contributed by atoms with Crippen molar-refractivity contribution in [2.75, 3.05) is 11.9 Å². The Morgan fingerprint density at radius 2 is 2.31 bits per heavy atom. The van der Waals surface area contributed by atoms with E-state index in [0.717, 1.165) is 18.3 Å². The molecule has 0 amide bonds. The van der Waals surface area contributed by atoms with Crippen molar-refractivity contribution in [1.29, 1.82) is 0 Å². The Kier molecular flexibility index (Phi) is 4.07. The van der Waals surface area contributed by atoms with Crippen LogP contribution >= 0.6 is 15.9 Å². The first-order valence-corrected chi connectivity index (χ1v) is 5.71. The topological polar surface area (TPSA) is 15.3 Å². The van der Waals surface area contributed by atoms with Gasteiger partial charge in [0.15, 0.2) is 0 Å². The molecule has 72 valence electrons. The van der Waals surface area contributed by atoms with Crippen molar-refractivity contribution >= 4 is 23.9 Å². The van der Waals surface area contributed by atoms with Crippen LogP contribution in [0.5, 0.6) is 0 Å². The molecule has 1 heterocycles. The summed E-state index contributed by atoms with van der Waals surface area (Å²) in [4.78, 5) is 2.18. The molecule has 0 saturated carbocycles. The first-order valence-electron chi connectivity index (χ1n) is 4.59. The molecule has 1 aliphatic rings. The van der Waals surface area contributed by atoms with Gasteiger partial charge in [-0.25, -0.2) is 0 Å². The highest BCUT2D eigenvalue weighted by Gasteiger charge is 2.23. The van der Waals surface area contributed by atoms with E-state index in [-0.39, 0.29) is 5.66 Å². The van der Waals surface area contributed by atoms with Gasteiger partial charge in [-0.3, -0.25) is 5.32 Å². The zero-order chi connectivity index (χ0) is 9.73. The molecule has 0 aliphatic carbocycles. The van der Waals surface area contributed by atoms with Crippen LogP contribution in [0.3, 0.4) is 0 Å². The molecule has 0 aromatic heterocycles. The molecule has 0 aromatic carbocycles. The summed E-state index contributed by atoms with van der Waals surface area (Å²) >= 11 is 3.42. The van der Waals surface area contributed by atoms with Gasteiger partial charge in [0.25, 0.3) is 0 Å². The van der Waals surface area contributed by atoms with Crippen LogP contribution in [-0.2, 0) is 0 Å². The lowest BCUT2D eigenvalue weighted by Crippen LogP contribution is -2.53. The molecule has 0 radical (unpaired) electrons. The SMILES string of the molecule is BN1C=CC=CC1(C)NCCCBr. The third kappa shape index (κ3) is 2.88. The van der Waals surface area contributed by atoms with E-state index in [9.17, 15) is 0 Å². The lowest BCUT2D eigenvalue weighted by Gasteiger charge is -2.39. The van der Waals surface area contributed by atoms with Gasteiger partial charge in [-0.05, 0) is 38.2 Å². The van der Waals surface area contributed by atoms with E-state index in [1.54, 1.807) is 0 Å². The van der Waals surface area contributed by atoms with Gasteiger partial charge in [-0.15, -0.1) is 0 Å². The highest BCUT2D eigenvalue weighted by atomic mass is 79.9. The Morgan fingerprint density at radius 1 is 1.54 bits per heavy atom. The van der Waals surface area contributed by atoms with E-state index in [2.05, 4.69) is 59.3 Å². The Balaban J connectivity index is 2.45. The number of nitrogens with one attached hydrogen (secondary N) is 1. The minimum Gasteiger partial charge on any atom is -0.408 e. The van der Waals surface area contributed by atoms with Gasteiger partial charge in [-0.2, -0.15) is 0 Å². The summed E-state index contributed by atoms with van der Waals surface area (Å²) in [5.74, 6) is 0. The molecule has 2 nitrogen and oxygen atoms in total. The summed E-state index contributed by atoms with van der Waals surface area (Å²) in [7, 11) is 2.08. The van der Waals surface area contributed by atoms with Gasteiger partial charge in [0.2, 0.25) is 7.98 Å². The molecule has 0 fully saturated rings. The first-order chi connectivity index (χ1) is 6.19. The number of alkyl halides is 1. The smallest absolute Gasteiger partial charge is 0.219 e. The molecule has 1 N–H and O–H groups in total. The molecular weight excluding hydrogens is 227 g/mol. The minimum absolute atomic E-state index is 0.0169. The minimum atomic E-state index is -0.0169. The van der Waals surface area contributed by atoms with Gasteiger partial charge in [0.05, 0.1) is 5.66 Å². The molecule has 1 unspecified atom stereocenters. The lowest BCUT2D eigenvalue weighted by atomic mass is 10.0. The fourth-order valence-corrected chi connectivity index (χ4v) is 1.57. The van der Waals surface area contributed by atoms with E-state index in [1.165, 1.54) is 0 Å². The van der Waals surface area contributed by atoms with E-state index >= 15 is 0 Å². The van der Waals surface area contributed by atoms with E-state index in [0.29, 0.717) is 0 Å². The maximum atomic E-state index is 3.51. The molecule has 1 atom stereocenters. The Labute approximate surface area is 89.6 Å². The maximum absolute atomic E-state index is 3.51. The second-order valence-electron chi connectivity index (χ2n) is 3.43. The number of rotatable bonds is 4. The fraction of sp³-hybridized carbons (Fsp3) is 0.556. The average Bonchev–Trinajstić information content (AvgIpc) is 2.11. The van der Waals surface area contributed by atoms with E-state index in [1.807, 2.05) is 6.08 Å². The highest BCUT2D eigenvalue weighted by molar-refractivity contribution is 9.09. The van der Waals surface area contributed by atoms with E-state index < -0.39 is 0 Å². The quantitative estimate of drug-likeness (QED) is 0.450. The van der Waals surface area contributed by atoms with Crippen molar-refractivity contribution in [3.8, 4) is 0 Å². The third-order valence-corrected chi connectivity index (χ3v) is 2.93. The van der Waals surface area contributed by atoms with Crippen LogP contribution in [0.2, 0.25) is 0 Å². The number of hydrogen-bond acceptors (Lipinski definition) is 2. The third-order valence-electron chi connectivity index (χ3n) is 2.37. The predicted octanol–water partition coefficient (Wildman–Crippen LogP) is 1.01. The summed E-state index contributed by atoms with van der Waals surface area (Å²) < 4.78 is 0. The van der Waals surface area contributed by atoms with Crippen molar-refractivity contribution in [3.05, 3.63) is 24.4 Å². The van der Waals surface area contributed by atoms with Crippen LogP contribution in [0.25, 0.3) is 0 Å². The predicted molar refractivity (Wildman–Crippen MR) is 63.5 cm³/mol. The summed E-state index contributed by atoms with van der Waals surface area (Å²) in [6.07, 6.45) is 9.55.